The summed E-state index contributed by atoms with van der Waals surface area (Å²) in [6.45, 7) is 0. The lowest BCUT2D eigenvalue weighted by atomic mass is 9.93. The topological polar surface area (TPSA) is 15.5 Å². The summed E-state index contributed by atoms with van der Waals surface area (Å²) in [7, 11) is 0. The van der Waals surface area contributed by atoms with Crippen molar-refractivity contribution in [3.63, 3.8) is 0 Å². The van der Waals surface area contributed by atoms with Gasteiger partial charge in [-0.05, 0) is 5.06 Å². The minimum Gasteiger partial charge on any atom is -0.225 e. The fourth-order valence-electron chi connectivity index (χ4n) is 2.18. The maximum atomic E-state index is 13.8. The molecule has 27 heteroatoms. The number of hydrogen-bond donors (Lipinski definition) is 0. The summed E-state index contributed by atoms with van der Waals surface area (Å²) in [6, 6.07) is -8.20. The van der Waals surface area contributed by atoms with Crippen molar-refractivity contribution >= 4 is 0 Å². The van der Waals surface area contributed by atoms with E-state index in [0.717, 1.165) is 0 Å². The summed E-state index contributed by atoms with van der Waals surface area (Å²) in [6.07, 6.45) is -16.0. The summed E-state index contributed by atoms with van der Waals surface area (Å²) in [5, 5.41) is -3.76. The maximum absolute atomic E-state index is 13.8. The molecule has 0 aromatic rings. The van der Waals surface area contributed by atoms with Crippen LogP contribution in [0, 0.1) is 0 Å². The maximum Gasteiger partial charge on any atom is 0.460 e. The second-order valence-electron chi connectivity index (χ2n) is 7.08. The van der Waals surface area contributed by atoms with Crippen LogP contribution in [0.2, 0.25) is 0 Å². The van der Waals surface area contributed by atoms with Crippen LogP contribution in [0.5, 0.6) is 0 Å². The molecule has 0 amide bonds. The van der Waals surface area contributed by atoms with Crippen molar-refractivity contribution < 1.29 is 115 Å². The predicted octanol–water partition coefficient (Wildman–Crippen LogP) is 7.66. The Labute approximate surface area is 193 Å². The minimum atomic E-state index is -8.97. The largest absolute Gasteiger partial charge is 0.460 e. The van der Waals surface area contributed by atoms with Crippen molar-refractivity contribution in [1.29, 1.82) is 0 Å². The Morgan fingerprint density at radius 2 is 0.615 bits per heavy atom. The monoisotopic (exact) mass is 649 g/mol. The first-order chi connectivity index (χ1) is 16.3. The van der Waals surface area contributed by atoms with E-state index in [4.69, 9.17) is 0 Å². The molecular formula is C12F25NO. The first-order valence-corrected chi connectivity index (χ1v) is 8.06. The van der Waals surface area contributed by atoms with Crippen LogP contribution in [0.15, 0.2) is 0 Å². The molecule has 1 aliphatic heterocycles. The van der Waals surface area contributed by atoms with Gasteiger partial charge in [0.05, 0.1) is 0 Å². The molecule has 0 aromatic carbocycles. The van der Waals surface area contributed by atoms with Crippen molar-refractivity contribution in [1.82, 2.24) is 5.06 Å². The fraction of sp³-hybridized carbons (Fsp3) is 1.00. The quantitative estimate of drug-likeness (QED) is 0.145. The predicted molar refractivity (Wildman–Crippen MR) is 63.4 cm³/mol. The lowest BCUT2D eigenvalue weighted by molar-refractivity contribution is -0.451. The van der Waals surface area contributed by atoms with Gasteiger partial charge in [-0.2, -0.15) is 110 Å². The summed E-state index contributed by atoms with van der Waals surface area (Å²) in [5.74, 6) is -76.6. The van der Waals surface area contributed by atoms with Crippen LogP contribution in [-0.4, -0.2) is 76.8 Å². The Balaban J connectivity index is 3.67. The number of halogens is 25. The Hall–Kier alpha value is -1.83. The van der Waals surface area contributed by atoms with E-state index in [2.05, 4.69) is 0 Å². The van der Waals surface area contributed by atoms with Crippen LogP contribution in [-0.2, 0) is 4.84 Å². The molecule has 0 aromatic heterocycles. The Bertz CT molecular complexity index is 942. The Kier molecular flexibility index (Phi) is 7.34. The van der Waals surface area contributed by atoms with Crippen molar-refractivity contribution in [3.05, 3.63) is 0 Å². The Morgan fingerprint density at radius 1 is 0.359 bits per heavy atom. The van der Waals surface area contributed by atoms with Gasteiger partial charge in [0.1, 0.15) is 0 Å². The standard InChI is InChI=1S/C12F25NO/c13-1(14,2(15,16)5(21,22)9(29,30)31)3(17,18)8(27,28)12(37)38(39-12)11(35,36)7(25,26)4(19,20)6(23,24)10(32,33)34/t12-,38?/m0/s1. The number of hydroxylamine groups is 2. The molecule has 1 saturated heterocycles. The highest BCUT2D eigenvalue weighted by Crippen LogP contribution is 2.68. The smallest absolute Gasteiger partial charge is 0.225 e. The third kappa shape index (κ3) is 3.97. The van der Waals surface area contributed by atoms with E-state index in [1.165, 1.54) is 0 Å². The number of nitrogens with zero attached hydrogens (tertiary/aromatic N) is 1. The van der Waals surface area contributed by atoms with Gasteiger partial charge in [-0.3, -0.25) is 0 Å². The first kappa shape index (κ1) is 35.2. The zero-order valence-electron chi connectivity index (χ0n) is 16.3. The van der Waals surface area contributed by atoms with E-state index in [9.17, 15) is 110 Å². The third-order valence-electron chi connectivity index (χ3n) is 4.54. The van der Waals surface area contributed by atoms with Gasteiger partial charge in [-0.1, -0.05) is 0 Å². The molecule has 0 saturated carbocycles. The van der Waals surface area contributed by atoms with E-state index >= 15 is 0 Å². The van der Waals surface area contributed by atoms with E-state index in [1.54, 1.807) is 0 Å². The molecule has 1 heterocycles. The van der Waals surface area contributed by atoms with Gasteiger partial charge >= 0.3 is 71.8 Å². The zero-order valence-corrected chi connectivity index (χ0v) is 16.3. The van der Waals surface area contributed by atoms with Crippen molar-refractivity contribution in [2.45, 2.75) is 71.8 Å². The first-order valence-electron chi connectivity index (χ1n) is 8.06. The minimum absolute atomic E-state index is 1.92. The van der Waals surface area contributed by atoms with Gasteiger partial charge in [0, 0.05) is 0 Å². The molecule has 0 spiro atoms. The Morgan fingerprint density at radius 3 is 0.897 bits per heavy atom. The van der Waals surface area contributed by atoms with Crippen LogP contribution >= 0.6 is 0 Å². The molecule has 0 radical (unpaired) electrons. The van der Waals surface area contributed by atoms with Gasteiger partial charge in [-0.15, -0.1) is 0 Å². The molecule has 0 aliphatic carbocycles. The van der Waals surface area contributed by atoms with Gasteiger partial charge in [-0.25, -0.2) is 4.84 Å². The molecule has 1 aliphatic rings. The summed E-state index contributed by atoms with van der Waals surface area (Å²) < 4.78 is 323. The van der Waals surface area contributed by atoms with Crippen molar-refractivity contribution in [3.8, 4) is 0 Å². The molecule has 234 valence electrons. The third-order valence-corrected chi connectivity index (χ3v) is 4.54. The van der Waals surface area contributed by atoms with Crippen molar-refractivity contribution in [2.75, 3.05) is 0 Å². The molecule has 1 unspecified atom stereocenters. The highest BCUT2D eigenvalue weighted by atomic mass is 19.4. The molecule has 2 nitrogen and oxygen atoms in total. The molecule has 2 atom stereocenters. The zero-order chi connectivity index (χ0) is 32.3. The van der Waals surface area contributed by atoms with Gasteiger partial charge in [0.15, 0.2) is 0 Å². The van der Waals surface area contributed by atoms with Crippen LogP contribution < -0.4 is 0 Å². The molecular weight excluding hydrogens is 649 g/mol. The van der Waals surface area contributed by atoms with Crippen LogP contribution in [0.3, 0.4) is 0 Å². The molecule has 0 bridgehead atoms. The van der Waals surface area contributed by atoms with E-state index in [0.29, 0.717) is 0 Å². The summed E-state index contributed by atoms with van der Waals surface area (Å²) in [5.41, 5.74) is 0. The number of alkyl halides is 25. The van der Waals surface area contributed by atoms with Gasteiger partial charge < -0.3 is 0 Å². The molecule has 1 fully saturated rings. The average molecular weight is 649 g/mol. The molecule has 0 N–H and O–H groups in total. The summed E-state index contributed by atoms with van der Waals surface area (Å²) in [4.78, 5) is 1.92. The highest BCUT2D eigenvalue weighted by molar-refractivity contribution is 5.16. The lowest BCUT2D eigenvalue weighted by Gasteiger charge is -2.40. The molecule has 39 heavy (non-hydrogen) atoms. The van der Waals surface area contributed by atoms with E-state index in [1.807, 2.05) is 4.84 Å². The molecule has 1 rings (SSSR count). The number of rotatable bonds is 9. The van der Waals surface area contributed by atoms with E-state index < -0.39 is 76.8 Å². The van der Waals surface area contributed by atoms with Crippen LogP contribution in [0.25, 0.3) is 0 Å². The van der Waals surface area contributed by atoms with Gasteiger partial charge in [0.2, 0.25) is 0 Å². The van der Waals surface area contributed by atoms with Crippen LogP contribution in [0.1, 0.15) is 0 Å². The van der Waals surface area contributed by atoms with Crippen LogP contribution in [0.4, 0.5) is 110 Å². The second-order valence-corrected chi connectivity index (χ2v) is 7.08. The normalized spacial score (nSPS) is 23.8. The summed E-state index contributed by atoms with van der Waals surface area (Å²) >= 11 is 0. The number of hydrogen-bond acceptors (Lipinski definition) is 2. The average Bonchev–Trinajstić information content (AvgIpc) is 3.39. The second kappa shape index (κ2) is 8.13. The lowest BCUT2D eigenvalue weighted by Crippen LogP contribution is -2.73. The fourth-order valence-corrected chi connectivity index (χ4v) is 2.18. The van der Waals surface area contributed by atoms with Crippen molar-refractivity contribution in [2.24, 2.45) is 0 Å². The van der Waals surface area contributed by atoms with E-state index in [-0.39, 0.29) is 0 Å². The SMILES string of the molecule is FC(F)(F)C(F)(F)C(F)(F)C(F)(F)C(F)(F)N1O[C@]1(F)C(F)(F)C(F)(F)C(F)(F)C(F)(F)C(F)(F)C(F)(F)F. The van der Waals surface area contributed by atoms with Gasteiger partial charge in [0.25, 0.3) is 0 Å². The highest BCUT2D eigenvalue weighted by Gasteiger charge is 3.00.